The topological polar surface area (TPSA) is 125 Å². The molecule has 0 aromatic rings. The average molecular weight is 287 g/mol. The molecule has 0 saturated carbocycles. The highest BCUT2D eigenvalue weighted by Gasteiger charge is 2.14. The van der Waals surface area contributed by atoms with Gasteiger partial charge in [-0.05, 0) is 12.8 Å². The van der Waals surface area contributed by atoms with E-state index in [9.17, 15) is 19.2 Å². The summed E-state index contributed by atoms with van der Waals surface area (Å²) in [5.74, 6) is -2.07. The lowest BCUT2D eigenvalue weighted by molar-refractivity contribution is -0.138. The molecule has 0 aromatic carbocycles. The van der Waals surface area contributed by atoms with Crippen molar-refractivity contribution in [3.05, 3.63) is 0 Å². The van der Waals surface area contributed by atoms with Gasteiger partial charge in [0.25, 0.3) is 0 Å². The third-order valence-electron chi connectivity index (χ3n) is 2.32. The van der Waals surface area contributed by atoms with E-state index in [0.717, 1.165) is 0 Å². The van der Waals surface area contributed by atoms with Gasteiger partial charge in [-0.15, -0.1) is 0 Å². The van der Waals surface area contributed by atoms with Crippen LogP contribution >= 0.6 is 0 Å². The highest BCUT2D eigenvalue weighted by molar-refractivity contribution is 5.94. The predicted octanol–water partition coefficient (Wildman–Crippen LogP) is -0.161. The van der Waals surface area contributed by atoms with Gasteiger partial charge in [0.05, 0.1) is 0 Å². The van der Waals surface area contributed by atoms with Gasteiger partial charge in [0.15, 0.2) is 0 Å². The Labute approximate surface area is 117 Å². The molecular weight excluding hydrogens is 266 g/mol. The van der Waals surface area contributed by atoms with Gasteiger partial charge in [0.1, 0.15) is 0 Å². The number of carbonyl (C=O) groups excluding carboxylic acids is 3. The van der Waals surface area contributed by atoms with Crippen LogP contribution in [0.3, 0.4) is 0 Å². The third-order valence-corrected chi connectivity index (χ3v) is 2.32. The SMILES string of the molecule is CCNC(=O)CCNC(=O)NC(=O)CC(C)CC(=O)O. The van der Waals surface area contributed by atoms with Crippen LogP contribution in [-0.4, -0.2) is 42.0 Å². The summed E-state index contributed by atoms with van der Waals surface area (Å²) in [6, 6.07) is -0.693. The number of carbonyl (C=O) groups is 4. The van der Waals surface area contributed by atoms with Crippen molar-refractivity contribution >= 4 is 23.8 Å². The molecule has 0 aromatic heterocycles. The number of hydrogen-bond donors (Lipinski definition) is 4. The van der Waals surface area contributed by atoms with Crippen LogP contribution in [0.5, 0.6) is 0 Å². The molecule has 1 unspecified atom stereocenters. The number of imide groups is 1. The molecule has 0 saturated heterocycles. The molecule has 20 heavy (non-hydrogen) atoms. The van der Waals surface area contributed by atoms with Crippen LogP contribution in [0.15, 0.2) is 0 Å². The third kappa shape index (κ3) is 9.86. The molecule has 4 N–H and O–H groups in total. The van der Waals surface area contributed by atoms with Crippen molar-refractivity contribution in [2.45, 2.75) is 33.1 Å². The fourth-order valence-electron chi connectivity index (χ4n) is 1.48. The Morgan fingerprint density at radius 3 is 2.25 bits per heavy atom. The van der Waals surface area contributed by atoms with E-state index in [2.05, 4.69) is 16.0 Å². The molecule has 0 aliphatic heterocycles. The summed E-state index contributed by atoms with van der Waals surface area (Å²) in [7, 11) is 0. The molecule has 4 amide bonds. The van der Waals surface area contributed by atoms with Crippen LogP contribution in [0.25, 0.3) is 0 Å². The maximum atomic E-state index is 11.4. The molecule has 114 valence electrons. The van der Waals surface area contributed by atoms with E-state index in [1.54, 1.807) is 13.8 Å². The van der Waals surface area contributed by atoms with E-state index >= 15 is 0 Å². The monoisotopic (exact) mass is 287 g/mol. The summed E-state index contributed by atoms with van der Waals surface area (Å²) >= 11 is 0. The van der Waals surface area contributed by atoms with Crippen LogP contribution in [0.2, 0.25) is 0 Å². The maximum Gasteiger partial charge on any atom is 0.321 e. The summed E-state index contributed by atoms with van der Waals surface area (Å²) in [6.07, 6.45) is -0.0485. The highest BCUT2D eigenvalue weighted by Crippen LogP contribution is 2.06. The van der Waals surface area contributed by atoms with Gasteiger partial charge in [-0.25, -0.2) is 4.79 Å². The summed E-state index contributed by atoms with van der Waals surface area (Å²) in [5, 5.41) is 15.6. The number of carboxylic acids is 1. The van der Waals surface area contributed by atoms with Crippen molar-refractivity contribution < 1.29 is 24.3 Å². The molecular formula is C12H21N3O5. The van der Waals surface area contributed by atoms with Crippen LogP contribution in [0.1, 0.15) is 33.1 Å². The Morgan fingerprint density at radius 1 is 1.05 bits per heavy atom. The van der Waals surface area contributed by atoms with Gasteiger partial charge in [-0.2, -0.15) is 0 Å². The fraction of sp³-hybridized carbons (Fsp3) is 0.667. The molecule has 8 nitrogen and oxygen atoms in total. The second-order valence-electron chi connectivity index (χ2n) is 4.41. The molecule has 0 aliphatic rings. The van der Waals surface area contributed by atoms with Crippen LogP contribution in [-0.2, 0) is 14.4 Å². The maximum absolute atomic E-state index is 11.4. The second kappa shape index (κ2) is 9.76. The van der Waals surface area contributed by atoms with Crippen LogP contribution < -0.4 is 16.0 Å². The Hall–Kier alpha value is -2.12. The zero-order valence-corrected chi connectivity index (χ0v) is 11.7. The van der Waals surface area contributed by atoms with Crippen molar-refractivity contribution in [1.29, 1.82) is 0 Å². The van der Waals surface area contributed by atoms with Gasteiger partial charge in [0.2, 0.25) is 11.8 Å². The Balaban J connectivity index is 3.82. The van der Waals surface area contributed by atoms with Crippen molar-refractivity contribution in [3.63, 3.8) is 0 Å². The molecule has 0 rings (SSSR count). The summed E-state index contributed by atoms with van der Waals surface area (Å²) in [5.41, 5.74) is 0. The molecule has 1 atom stereocenters. The van der Waals surface area contributed by atoms with Crippen LogP contribution in [0.4, 0.5) is 4.79 Å². The molecule has 0 fully saturated rings. The number of urea groups is 1. The van der Waals surface area contributed by atoms with Gasteiger partial charge in [-0.3, -0.25) is 19.7 Å². The van der Waals surface area contributed by atoms with E-state index in [-0.39, 0.29) is 37.6 Å². The van der Waals surface area contributed by atoms with Crippen molar-refractivity contribution in [2.24, 2.45) is 5.92 Å². The lowest BCUT2D eigenvalue weighted by Gasteiger charge is -2.09. The minimum Gasteiger partial charge on any atom is -0.481 e. The zero-order valence-electron chi connectivity index (χ0n) is 11.7. The first-order valence-electron chi connectivity index (χ1n) is 6.41. The van der Waals surface area contributed by atoms with Crippen molar-refractivity contribution in [2.75, 3.05) is 13.1 Å². The first-order chi connectivity index (χ1) is 9.35. The van der Waals surface area contributed by atoms with Gasteiger partial charge in [0, 0.05) is 32.4 Å². The molecule has 0 aliphatic carbocycles. The number of amides is 4. The highest BCUT2D eigenvalue weighted by atomic mass is 16.4. The fourth-order valence-corrected chi connectivity index (χ4v) is 1.48. The largest absolute Gasteiger partial charge is 0.481 e. The van der Waals surface area contributed by atoms with Gasteiger partial charge < -0.3 is 15.7 Å². The molecule has 8 heteroatoms. The van der Waals surface area contributed by atoms with Gasteiger partial charge >= 0.3 is 12.0 Å². The number of nitrogens with one attached hydrogen (secondary N) is 3. The zero-order chi connectivity index (χ0) is 15.5. The predicted molar refractivity (Wildman–Crippen MR) is 70.9 cm³/mol. The Morgan fingerprint density at radius 2 is 1.70 bits per heavy atom. The minimum atomic E-state index is -0.989. The Kier molecular flexibility index (Phi) is 8.73. The lowest BCUT2D eigenvalue weighted by Crippen LogP contribution is -2.41. The number of hydrogen-bond acceptors (Lipinski definition) is 4. The summed E-state index contributed by atoms with van der Waals surface area (Å²) in [6.45, 7) is 4.04. The number of carboxylic acid groups (broad SMARTS) is 1. The number of rotatable bonds is 8. The number of aliphatic carboxylic acids is 1. The first-order valence-corrected chi connectivity index (χ1v) is 6.41. The summed E-state index contributed by atoms with van der Waals surface area (Å²) < 4.78 is 0. The van der Waals surface area contributed by atoms with E-state index in [0.29, 0.717) is 6.54 Å². The molecule has 0 spiro atoms. The van der Waals surface area contributed by atoms with E-state index in [4.69, 9.17) is 5.11 Å². The second-order valence-corrected chi connectivity index (χ2v) is 4.41. The first kappa shape index (κ1) is 17.9. The standard InChI is InChI=1S/C12H21N3O5/c1-3-13-9(16)4-5-14-12(20)15-10(17)6-8(2)7-11(18)19/h8H,3-7H2,1-2H3,(H,13,16)(H,18,19)(H2,14,15,17,20). The summed E-state index contributed by atoms with van der Waals surface area (Å²) in [4.78, 5) is 44.2. The van der Waals surface area contributed by atoms with E-state index < -0.39 is 17.9 Å². The smallest absolute Gasteiger partial charge is 0.321 e. The normalized spacial score (nSPS) is 11.3. The van der Waals surface area contributed by atoms with Gasteiger partial charge in [-0.1, -0.05) is 6.92 Å². The van der Waals surface area contributed by atoms with Crippen molar-refractivity contribution in [1.82, 2.24) is 16.0 Å². The molecule has 0 heterocycles. The van der Waals surface area contributed by atoms with E-state index in [1.165, 1.54) is 0 Å². The lowest BCUT2D eigenvalue weighted by atomic mass is 10.0. The minimum absolute atomic E-state index is 0.0456. The Bertz CT molecular complexity index is 370. The average Bonchev–Trinajstić information content (AvgIpc) is 2.27. The van der Waals surface area contributed by atoms with E-state index in [1.807, 2.05) is 0 Å². The van der Waals surface area contributed by atoms with Crippen molar-refractivity contribution in [3.8, 4) is 0 Å². The molecule has 0 radical (unpaired) electrons. The quantitative estimate of drug-likeness (QED) is 0.493. The molecule has 0 bridgehead atoms. The van der Waals surface area contributed by atoms with Crippen LogP contribution in [0, 0.1) is 5.92 Å².